The van der Waals surface area contributed by atoms with Crippen LogP contribution >= 0.6 is 15.9 Å². The monoisotopic (exact) mass is 749 g/mol. The van der Waals surface area contributed by atoms with Gasteiger partial charge in [-0.05, 0) is 91.6 Å². The lowest BCUT2D eigenvalue weighted by Crippen LogP contribution is -2.55. The zero-order valence-electron chi connectivity index (χ0n) is 27.4. The van der Waals surface area contributed by atoms with Gasteiger partial charge in [0.25, 0.3) is 10.0 Å². The van der Waals surface area contributed by atoms with Gasteiger partial charge in [-0.15, -0.1) is 0 Å². The van der Waals surface area contributed by atoms with Crippen molar-refractivity contribution in [3.8, 4) is 5.75 Å². The molecule has 1 unspecified atom stereocenters. The summed E-state index contributed by atoms with van der Waals surface area (Å²) >= 11 is 3.51. The van der Waals surface area contributed by atoms with Crippen LogP contribution in [0.2, 0.25) is 0 Å². The number of halogens is 2. The molecule has 0 radical (unpaired) electrons. The molecule has 8 nitrogen and oxygen atoms in total. The molecule has 1 atom stereocenters. The van der Waals surface area contributed by atoms with Crippen molar-refractivity contribution in [3.05, 3.63) is 125 Å². The molecule has 0 bridgehead atoms. The van der Waals surface area contributed by atoms with Crippen molar-refractivity contribution in [2.24, 2.45) is 0 Å². The Morgan fingerprint density at radius 2 is 1.57 bits per heavy atom. The molecule has 5 rings (SSSR count). The first-order valence-electron chi connectivity index (χ1n) is 16.5. The van der Waals surface area contributed by atoms with Crippen molar-refractivity contribution in [1.29, 1.82) is 0 Å². The molecular weight excluding hydrogens is 709 g/mol. The molecule has 1 fully saturated rings. The summed E-state index contributed by atoms with van der Waals surface area (Å²) in [4.78, 5) is 30.2. The Labute approximate surface area is 296 Å². The molecule has 0 spiro atoms. The first-order valence-corrected chi connectivity index (χ1v) is 18.8. The number of hydrogen-bond donors (Lipinski definition) is 1. The van der Waals surface area contributed by atoms with Crippen LogP contribution in [0.1, 0.15) is 50.2 Å². The minimum Gasteiger partial charge on any atom is -0.494 e. The van der Waals surface area contributed by atoms with Crippen molar-refractivity contribution in [2.45, 2.75) is 69.0 Å². The molecule has 2 amide bonds. The Bertz CT molecular complexity index is 1800. The number of ether oxygens (including phenoxy) is 1. The van der Waals surface area contributed by atoms with Crippen LogP contribution in [-0.4, -0.2) is 50.4 Å². The number of benzene rings is 4. The van der Waals surface area contributed by atoms with Crippen LogP contribution < -0.4 is 14.4 Å². The second kappa shape index (κ2) is 16.9. The lowest BCUT2D eigenvalue weighted by atomic mass is 9.94. The van der Waals surface area contributed by atoms with E-state index in [-0.39, 0.29) is 35.5 Å². The Hall–Kier alpha value is -4.22. The van der Waals surface area contributed by atoms with Gasteiger partial charge in [0.05, 0.1) is 17.2 Å². The number of carbonyl (C=O) groups is 2. The Morgan fingerprint density at radius 1 is 0.898 bits per heavy atom. The number of anilines is 1. The van der Waals surface area contributed by atoms with E-state index in [9.17, 15) is 22.4 Å². The van der Waals surface area contributed by atoms with E-state index in [2.05, 4.69) is 21.2 Å². The number of rotatable bonds is 14. The highest BCUT2D eigenvalue weighted by Gasteiger charge is 2.35. The zero-order valence-corrected chi connectivity index (χ0v) is 29.8. The van der Waals surface area contributed by atoms with E-state index in [0.29, 0.717) is 12.4 Å². The van der Waals surface area contributed by atoms with E-state index < -0.39 is 34.3 Å². The molecule has 0 aromatic heterocycles. The fourth-order valence-corrected chi connectivity index (χ4v) is 7.93. The van der Waals surface area contributed by atoms with Crippen molar-refractivity contribution in [3.63, 3.8) is 0 Å². The fraction of sp³-hybridized carbons (Fsp3) is 0.316. The largest absolute Gasteiger partial charge is 0.494 e. The van der Waals surface area contributed by atoms with Gasteiger partial charge in [-0.1, -0.05) is 77.7 Å². The van der Waals surface area contributed by atoms with Gasteiger partial charge in [0, 0.05) is 23.5 Å². The van der Waals surface area contributed by atoms with Crippen molar-refractivity contribution >= 4 is 43.5 Å². The van der Waals surface area contributed by atoms with E-state index in [1.54, 1.807) is 24.3 Å². The minimum absolute atomic E-state index is 0.00144. The van der Waals surface area contributed by atoms with Gasteiger partial charge in [-0.3, -0.25) is 13.9 Å². The second-order valence-corrected chi connectivity index (χ2v) is 14.9. The van der Waals surface area contributed by atoms with Gasteiger partial charge in [-0.2, -0.15) is 0 Å². The number of sulfonamides is 1. The molecule has 49 heavy (non-hydrogen) atoms. The summed E-state index contributed by atoms with van der Waals surface area (Å²) in [6.07, 6.45) is 5.13. The third kappa shape index (κ3) is 9.70. The molecule has 0 aliphatic heterocycles. The third-order valence-electron chi connectivity index (χ3n) is 8.58. The summed E-state index contributed by atoms with van der Waals surface area (Å²) in [5.74, 6) is -0.904. The van der Waals surface area contributed by atoms with Crippen LogP contribution in [0, 0.1) is 5.82 Å². The third-order valence-corrected chi connectivity index (χ3v) is 10.9. The van der Waals surface area contributed by atoms with Gasteiger partial charge < -0.3 is 15.0 Å². The van der Waals surface area contributed by atoms with E-state index in [0.717, 1.165) is 64.1 Å². The Morgan fingerprint density at radius 3 is 2.22 bits per heavy atom. The quantitative estimate of drug-likeness (QED) is 0.146. The van der Waals surface area contributed by atoms with Crippen molar-refractivity contribution in [2.75, 3.05) is 17.5 Å². The molecule has 1 saturated carbocycles. The molecule has 11 heteroatoms. The highest BCUT2D eigenvalue weighted by molar-refractivity contribution is 9.10. The van der Waals surface area contributed by atoms with E-state index >= 15 is 0 Å². The summed E-state index contributed by atoms with van der Waals surface area (Å²) in [7, 11) is -4.36. The maximum absolute atomic E-state index is 14.7. The maximum atomic E-state index is 14.7. The van der Waals surface area contributed by atoms with Crippen LogP contribution in [0.15, 0.2) is 112 Å². The van der Waals surface area contributed by atoms with Crippen LogP contribution in [0.25, 0.3) is 0 Å². The number of nitrogens with zero attached hydrogens (tertiary/aromatic N) is 2. The van der Waals surface area contributed by atoms with Gasteiger partial charge >= 0.3 is 0 Å². The summed E-state index contributed by atoms with van der Waals surface area (Å²) in [5, 5.41) is 3.21. The van der Waals surface area contributed by atoms with Gasteiger partial charge in [0.1, 0.15) is 24.2 Å². The van der Waals surface area contributed by atoms with Crippen LogP contribution in [-0.2, 0) is 32.6 Å². The van der Waals surface area contributed by atoms with E-state index in [4.69, 9.17) is 4.74 Å². The summed E-state index contributed by atoms with van der Waals surface area (Å²) in [6, 6.07) is 26.9. The smallest absolute Gasteiger partial charge is 0.264 e. The Balaban J connectivity index is 1.56. The SMILES string of the molecule is CCOc1ccc(N(CC(=O)N(Cc2cccc(Br)c2)C(Cc2ccccc2)C(=O)NC2CCCCC2)S(=O)(=O)c2ccc(F)cc2)cc1. The lowest BCUT2D eigenvalue weighted by Gasteiger charge is -2.35. The minimum atomic E-state index is -4.36. The molecule has 4 aromatic carbocycles. The Kier molecular flexibility index (Phi) is 12.5. The van der Waals surface area contributed by atoms with E-state index in [1.807, 2.05) is 61.5 Å². The summed E-state index contributed by atoms with van der Waals surface area (Å²) in [5.41, 5.74) is 1.84. The molecule has 1 aliphatic carbocycles. The average molecular weight is 751 g/mol. The lowest BCUT2D eigenvalue weighted by molar-refractivity contribution is -0.140. The fourth-order valence-electron chi connectivity index (χ4n) is 6.07. The highest BCUT2D eigenvalue weighted by Crippen LogP contribution is 2.28. The zero-order chi connectivity index (χ0) is 34.8. The summed E-state index contributed by atoms with van der Waals surface area (Å²) < 4.78 is 49.6. The van der Waals surface area contributed by atoms with Crippen LogP contribution in [0.3, 0.4) is 0 Å². The van der Waals surface area contributed by atoms with E-state index in [1.165, 1.54) is 17.0 Å². The normalized spacial score (nSPS) is 14.1. The van der Waals surface area contributed by atoms with Crippen LogP contribution in [0.5, 0.6) is 5.75 Å². The standard InChI is InChI=1S/C38H41BrFN3O5S/c1-2-48-34-20-18-33(19-21-34)43(49(46,47)35-22-16-31(40)17-23-35)27-37(44)42(26-29-12-9-13-30(39)24-29)36(25-28-10-5-3-6-11-28)38(45)41-32-14-7-4-8-15-32/h3,5-6,9-13,16-24,32,36H,2,4,7-8,14-15,25-27H2,1H3,(H,41,45). The predicted octanol–water partition coefficient (Wildman–Crippen LogP) is 7.27. The predicted molar refractivity (Wildman–Crippen MR) is 192 cm³/mol. The number of hydrogen-bond acceptors (Lipinski definition) is 5. The van der Waals surface area contributed by atoms with Crippen molar-refractivity contribution in [1.82, 2.24) is 10.2 Å². The van der Waals surface area contributed by atoms with Gasteiger partial charge in [0.2, 0.25) is 11.8 Å². The number of nitrogens with one attached hydrogen (secondary N) is 1. The summed E-state index contributed by atoms with van der Waals surface area (Å²) in [6.45, 7) is 1.71. The first-order chi connectivity index (χ1) is 23.6. The molecular formula is C38H41BrFN3O5S. The topological polar surface area (TPSA) is 96.0 Å². The van der Waals surface area contributed by atoms with Gasteiger partial charge in [-0.25, -0.2) is 12.8 Å². The molecule has 258 valence electrons. The van der Waals surface area contributed by atoms with Crippen molar-refractivity contribution < 1.29 is 27.1 Å². The first kappa shape index (κ1) is 36.1. The molecule has 4 aromatic rings. The number of carbonyl (C=O) groups excluding carboxylic acids is 2. The van der Waals surface area contributed by atoms with Gasteiger partial charge in [0.15, 0.2) is 0 Å². The molecule has 0 saturated heterocycles. The molecule has 1 N–H and O–H groups in total. The molecule has 1 aliphatic rings. The van der Waals surface area contributed by atoms with Crippen LogP contribution in [0.4, 0.5) is 10.1 Å². The second-order valence-electron chi connectivity index (χ2n) is 12.1. The maximum Gasteiger partial charge on any atom is 0.264 e. The molecule has 0 heterocycles. The highest BCUT2D eigenvalue weighted by atomic mass is 79.9. The average Bonchev–Trinajstić information content (AvgIpc) is 3.10. The number of amides is 2.